The third-order valence-electron chi connectivity index (χ3n) is 17.5. The second-order valence-electron chi connectivity index (χ2n) is 22.5. The van der Waals surface area contributed by atoms with Crippen molar-refractivity contribution in [2.75, 3.05) is 19.1 Å². The van der Waals surface area contributed by atoms with Crippen LogP contribution in [0.25, 0.3) is 6.08 Å². The molecule has 13 heteroatoms. The molecular formula is C66H75N3O10. The molecule has 4 saturated carbocycles. The summed E-state index contributed by atoms with van der Waals surface area (Å²) in [5, 5.41) is 0. The molecule has 0 spiro atoms. The van der Waals surface area contributed by atoms with Gasteiger partial charge in [0.1, 0.15) is 0 Å². The summed E-state index contributed by atoms with van der Waals surface area (Å²) >= 11 is 0. The average Bonchev–Trinajstić information content (AvgIpc) is 4.47. The number of benzene rings is 3. The molecular weight excluding hydrogens is 995 g/mol. The van der Waals surface area contributed by atoms with Crippen molar-refractivity contribution in [3.05, 3.63) is 168 Å². The summed E-state index contributed by atoms with van der Waals surface area (Å²) in [6, 6.07) is 24.1. The van der Waals surface area contributed by atoms with Crippen LogP contribution in [0, 0.1) is 91.8 Å². The largest absolute Gasteiger partial charge is 0.466 e. The van der Waals surface area contributed by atoms with E-state index in [4.69, 9.17) is 0 Å². The SMILES string of the molecule is C=C(C)C(=O)OC.C=CC(=O)OC.C=Cc1ccccc1.Cc1cc(C)c(N2C(=O)C3C4C=CC(C4)C3C2=O)c(C)c1.O=C1C2C3C=CC(C3)C2C(=O)N1C1CCCCC1.O=C1C2C3C=CC(C3)C2C(=O)N1Cc1ccccc1. The van der Waals surface area contributed by atoms with Gasteiger partial charge in [0, 0.05) is 17.7 Å². The molecule has 6 amide bonds. The number of aryl methyl sites for hydroxylation is 3. The minimum atomic E-state index is -0.394. The molecule has 3 aliphatic heterocycles. The number of hydrogen-bond acceptors (Lipinski definition) is 10. The Balaban J connectivity index is 0.000000133. The molecule has 414 valence electrons. The summed E-state index contributed by atoms with van der Waals surface area (Å²) in [6.07, 6.45) is 24.5. The van der Waals surface area contributed by atoms with Gasteiger partial charge in [-0.3, -0.25) is 38.6 Å². The highest BCUT2D eigenvalue weighted by Crippen LogP contribution is 2.56. The Bertz CT molecular complexity index is 2860. The monoisotopic (exact) mass is 1070 g/mol. The molecule has 7 fully saturated rings. The fourth-order valence-electron chi connectivity index (χ4n) is 14.0. The lowest BCUT2D eigenvalue weighted by atomic mass is 9.85. The highest BCUT2D eigenvalue weighted by atomic mass is 16.5. The third-order valence-corrected chi connectivity index (χ3v) is 17.5. The normalized spacial score (nSPS) is 29.2. The number of ether oxygens (including phenoxy) is 2. The summed E-state index contributed by atoms with van der Waals surface area (Å²) in [5.74, 6) is 1.09. The maximum atomic E-state index is 12.8. The van der Waals surface area contributed by atoms with Crippen LogP contribution >= 0.6 is 0 Å². The number of likely N-dealkylation sites (tertiary alicyclic amines) is 2. The number of carbonyl (C=O) groups is 8. The van der Waals surface area contributed by atoms with E-state index in [9.17, 15) is 38.4 Å². The van der Waals surface area contributed by atoms with Crippen molar-refractivity contribution in [1.82, 2.24) is 9.80 Å². The van der Waals surface area contributed by atoms with E-state index in [1.807, 2.05) is 99.6 Å². The van der Waals surface area contributed by atoms with Crippen molar-refractivity contribution in [3.8, 4) is 0 Å². The van der Waals surface area contributed by atoms with E-state index in [1.165, 1.54) is 48.8 Å². The first-order chi connectivity index (χ1) is 37.9. The maximum absolute atomic E-state index is 12.8. The number of anilines is 1. The Hall–Kier alpha value is -7.54. The van der Waals surface area contributed by atoms with Gasteiger partial charge in [-0.25, -0.2) is 14.5 Å². The van der Waals surface area contributed by atoms with Gasteiger partial charge < -0.3 is 9.47 Å². The number of fused-ring (bicyclic) bond motifs is 15. The summed E-state index contributed by atoms with van der Waals surface area (Å²) in [7, 11) is 2.64. The third kappa shape index (κ3) is 11.8. The molecule has 13 rings (SSSR count). The van der Waals surface area contributed by atoms with Crippen LogP contribution in [0.5, 0.6) is 0 Å². The minimum Gasteiger partial charge on any atom is -0.466 e. The number of carbonyl (C=O) groups excluding carboxylic acids is 8. The van der Waals surface area contributed by atoms with Crippen LogP contribution in [0.1, 0.15) is 86.1 Å². The topological polar surface area (TPSA) is 165 Å². The van der Waals surface area contributed by atoms with Gasteiger partial charge in [0.2, 0.25) is 35.4 Å². The van der Waals surface area contributed by atoms with Gasteiger partial charge in [-0.05, 0) is 118 Å². The lowest BCUT2D eigenvalue weighted by Gasteiger charge is -2.30. The Kier molecular flexibility index (Phi) is 18.3. The second kappa shape index (κ2) is 25.1. The summed E-state index contributed by atoms with van der Waals surface area (Å²) in [4.78, 5) is 100. The van der Waals surface area contributed by atoms with Crippen LogP contribution in [-0.4, -0.2) is 77.4 Å². The predicted molar refractivity (Wildman–Crippen MR) is 303 cm³/mol. The van der Waals surface area contributed by atoms with E-state index in [0.29, 0.717) is 35.8 Å². The Morgan fingerprint density at radius 1 is 0.570 bits per heavy atom. The molecule has 6 bridgehead atoms. The number of hydrogen-bond donors (Lipinski definition) is 0. The molecule has 12 atom stereocenters. The quantitative estimate of drug-likeness (QED) is 0.0962. The molecule has 3 heterocycles. The molecule has 0 radical (unpaired) electrons. The van der Waals surface area contributed by atoms with Crippen LogP contribution in [0.15, 0.2) is 141 Å². The van der Waals surface area contributed by atoms with E-state index in [0.717, 1.165) is 66.1 Å². The number of amides is 6. The van der Waals surface area contributed by atoms with Crippen molar-refractivity contribution in [2.24, 2.45) is 71.0 Å². The molecule has 79 heavy (non-hydrogen) atoms. The van der Waals surface area contributed by atoms with Gasteiger partial charge in [0.05, 0.1) is 62.0 Å². The van der Waals surface area contributed by atoms with Crippen LogP contribution in [0.2, 0.25) is 0 Å². The zero-order valence-corrected chi connectivity index (χ0v) is 46.5. The van der Waals surface area contributed by atoms with Crippen molar-refractivity contribution in [1.29, 1.82) is 0 Å². The minimum absolute atomic E-state index is 0.00516. The van der Waals surface area contributed by atoms with Crippen LogP contribution in [0.3, 0.4) is 0 Å². The maximum Gasteiger partial charge on any atom is 0.332 e. The highest BCUT2D eigenvalue weighted by molar-refractivity contribution is 6.23. The molecule has 13 nitrogen and oxygen atoms in total. The first-order valence-corrected chi connectivity index (χ1v) is 27.8. The molecule has 0 N–H and O–H groups in total. The second-order valence-corrected chi connectivity index (χ2v) is 22.5. The van der Waals surface area contributed by atoms with E-state index < -0.39 is 5.97 Å². The highest BCUT2D eigenvalue weighted by Gasteiger charge is 2.62. The Morgan fingerprint density at radius 2 is 0.975 bits per heavy atom. The number of imide groups is 3. The molecule has 3 saturated heterocycles. The van der Waals surface area contributed by atoms with Gasteiger partial charge in [0.15, 0.2) is 0 Å². The van der Waals surface area contributed by atoms with Crippen molar-refractivity contribution < 1.29 is 47.8 Å². The number of nitrogens with zero attached hydrogens (tertiary/aromatic N) is 3. The van der Waals surface area contributed by atoms with Crippen molar-refractivity contribution in [3.63, 3.8) is 0 Å². The van der Waals surface area contributed by atoms with Gasteiger partial charge in [0.25, 0.3) is 0 Å². The van der Waals surface area contributed by atoms with E-state index in [1.54, 1.807) is 11.8 Å². The first kappa shape index (κ1) is 57.6. The summed E-state index contributed by atoms with van der Waals surface area (Å²) in [6.45, 7) is 18.2. The zero-order valence-electron chi connectivity index (χ0n) is 46.5. The fourth-order valence-corrected chi connectivity index (χ4v) is 14.0. The molecule has 3 aromatic carbocycles. The molecule has 3 aromatic rings. The molecule has 0 aromatic heterocycles. The first-order valence-electron chi connectivity index (χ1n) is 27.8. The molecule has 7 aliphatic carbocycles. The number of methoxy groups -OCH3 is 2. The molecule has 10 aliphatic rings. The lowest BCUT2D eigenvalue weighted by molar-refractivity contribution is -0.145. The predicted octanol–water partition coefficient (Wildman–Crippen LogP) is 10.5. The smallest absolute Gasteiger partial charge is 0.332 e. The van der Waals surface area contributed by atoms with Gasteiger partial charge in [-0.15, -0.1) is 0 Å². The van der Waals surface area contributed by atoms with Gasteiger partial charge in [-0.1, -0.05) is 160 Å². The van der Waals surface area contributed by atoms with E-state index in [2.05, 4.69) is 65.7 Å². The van der Waals surface area contributed by atoms with E-state index in [-0.39, 0.29) is 94.8 Å². The van der Waals surface area contributed by atoms with Gasteiger partial charge >= 0.3 is 11.9 Å². The van der Waals surface area contributed by atoms with Crippen LogP contribution in [0.4, 0.5) is 5.69 Å². The van der Waals surface area contributed by atoms with E-state index >= 15 is 0 Å². The number of esters is 2. The van der Waals surface area contributed by atoms with Crippen LogP contribution < -0.4 is 4.90 Å². The van der Waals surface area contributed by atoms with Gasteiger partial charge in [-0.2, -0.15) is 0 Å². The number of allylic oxidation sites excluding steroid dienone is 6. The Labute approximate surface area is 465 Å². The van der Waals surface area contributed by atoms with Crippen molar-refractivity contribution >= 4 is 59.1 Å². The molecule has 12 unspecified atom stereocenters. The summed E-state index contributed by atoms with van der Waals surface area (Å²) < 4.78 is 8.42. The summed E-state index contributed by atoms with van der Waals surface area (Å²) in [5.41, 5.74) is 6.61. The average molecular weight is 1070 g/mol. The van der Waals surface area contributed by atoms with Crippen molar-refractivity contribution in [2.45, 2.75) is 91.6 Å². The standard InChI is InChI=1S/C18H19NO2.C16H15NO2.C15H19NO2.C8H8.C5H8O2.C4H6O2/c1-9-6-10(2)16(11(3)7-9)19-17(20)14-12-4-5-13(8-12)15(14)18(19)21;18-15-13-11-6-7-12(8-11)14(13)16(19)17(15)9-10-4-2-1-3-5-10;17-14-12-9-6-7-10(8-9)13(12)15(18)16(14)11-4-2-1-3-5-11;1-2-8-6-4-3-5-7-8;1-4(2)5(6)7-3;1-3-4(5)6-2/h4-7,12-15H,8H2,1-3H3;1-7,11-14H,8-9H2;6-7,9-13H,1-5,8H2;2-7H,1H2;1H2,2-3H3;3H,1H2,2H3. The Morgan fingerprint density at radius 3 is 1.32 bits per heavy atom. The van der Waals surface area contributed by atoms with Crippen LogP contribution in [-0.2, 0) is 54.4 Å². The lowest BCUT2D eigenvalue weighted by Crippen LogP contribution is -2.42. The fraction of sp³-hybridized carbons (Fsp3) is 0.424. The number of rotatable bonds is 7. The zero-order chi connectivity index (χ0) is 56.8.